The number of sulfonamides is 1. The maximum Gasteiger partial charge on any atom is 0.331 e. The highest BCUT2D eigenvalue weighted by Gasteiger charge is 2.35. The van der Waals surface area contributed by atoms with E-state index in [4.69, 9.17) is 23.7 Å². The Morgan fingerprint density at radius 1 is 1.11 bits per heavy atom. The first-order chi connectivity index (χ1) is 21.8. The molecule has 14 heteroatoms. The van der Waals surface area contributed by atoms with Crippen LogP contribution in [0.4, 0.5) is 0 Å². The van der Waals surface area contributed by atoms with Gasteiger partial charge in [0.2, 0.25) is 23.2 Å². The number of aromatic nitrogens is 2. The molecular formula is C32H39N3O10S. The summed E-state index contributed by atoms with van der Waals surface area (Å²) in [6, 6.07) is 8.32. The molecule has 0 bridgehead atoms. The molecule has 2 aromatic carbocycles. The normalized spacial score (nSPS) is 13.0. The number of fused-ring (bicyclic) bond motifs is 1. The second-order valence-corrected chi connectivity index (χ2v) is 14.1. The summed E-state index contributed by atoms with van der Waals surface area (Å²) in [5.74, 6) is 1.54. The number of amides is 1. The number of hydrogen-bond donors (Lipinski definition) is 1. The van der Waals surface area contributed by atoms with E-state index >= 15 is 0 Å². The average Bonchev–Trinajstić information content (AvgIpc) is 3.64. The Hall–Kier alpha value is -4.72. The summed E-state index contributed by atoms with van der Waals surface area (Å²) in [5.41, 5.74) is 1.51. The van der Waals surface area contributed by atoms with Gasteiger partial charge >= 0.3 is 5.97 Å². The predicted octanol–water partition coefficient (Wildman–Crippen LogP) is 4.59. The third kappa shape index (κ3) is 7.22. The van der Waals surface area contributed by atoms with Crippen LogP contribution in [0.3, 0.4) is 0 Å². The summed E-state index contributed by atoms with van der Waals surface area (Å²) in [6.45, 7) is 5.96. The minimum atomic E-state index is -4.05. The molecular weight excluding hydrogens is 618 g/mol. The predicted molar refractivity (Wildman–Crippen MR) is 169 cm³/mol. The second-order valence-electron chi connectivity index (χ2n) is 11.4. The van der Waals surface area contributed by atoms with Crippen molar-refractivity contribution in [1.82, 2.24) is 13.9 Å². The number of methoxy groups -OCH3 is 2. The van der Waals surface area contributed by atoms with Crippen molar-refractivity contribution in [2.75, 3.05) is 27.7 Å². The van der Waals surface area contributed by atoms with Crippen LogP contribution in [-0.2, 0) is 32.5 Å². The number of aryl methyl sites for hydroxylation is 1. The summed E-state index contributed by atoms with van der Waals surface area (Å²) in [4.78, 5) is 29.1. The Morgan fingerprint density at radius 3 is 2.43 bits per heavy atom. The molecule has 0 radical (unpaired) electrons. The molecule has 1 N–H and O–H groups in total. The molecule has 46 heavy (non-hydrogen) atoms. The molecule has 248 valence electrons. The highest BCUT2D eigenvalue weighted by molar-refractivity contribution is 7.90. The largest absolute Gasteiger partial charge is 0.497 e. The van der Waals surface area contributed by atoms with Crippen LogP contribution in [0.2, 0.25) is 0 Å². The molecule has 13 nitrogen and oxygen atoms in total. The molecule has 1 aliphatic heterocycles. The number of carbonyl (C=O) groups is 2. The Balaban J connectivity index is 1.81. The number of carboxylic acid groups (broad SMARTS) is 1. The van der Waals surface area contributed by atoms with Gasteiger partial charge in [-0.1, -0.05) is 13.3 Å². The van der Waals surface area contributed by atoms with Crippen LogP contribution in [-0.4, -0.2) is 72.3 Å². The van der Waals surface area contributed by atoms with Gasteiger partial charge in [0, 0.05) is 36.1 Å². The van der Waals surface area contributed by atoms with E-state index in [0.29, 0.717) is 56.5 Å². The number of nitrogens with zero attached hydrogens (tertiary/aromatic N) is 3. The smallest absolute Gasteiger partial charge is 0.331 e. The van der Waals surface area contributed by atoms with Gasteiger partial charge in [-0.3, -0.25) is 9.36 Å². The molecule has 0 spiro atoms. The lowest BCUT2D eigenvalue weighted by Crippen LogP contribution is -2.44. The van der Waals surface area contributed by atoms with Crippen molar-refractivity contribution in [2.24, 2.45) is 0 Å². The molecule has 0 saturated heterocycles. The van der Waals surface area contributed by atoms with Gasteiger partial charge in [-0.2, -0.15) is 0 Å². The lowest BCUT2D eigenvalue weighted by Gasteiger charge is -2.27. The molecule has 1 aliphatic rings. The molecule has 1 amide bonds. The molecule has 0 saturated carbocycles. The summed E-state index contributed by atoms with van der Waals surface area (Å²) in [7, 11) is -1.08. The van der Waals surface area contributed by atoms with E-state index in [1.165, 1.54) is 41.1 Å². The van der Waals surface area contributed by atoms with Crippen LogP contribution in [0.5, 0.6) is 28.7 Å². The van der Waals surface area contributed by atoms with E-state index in [1.807, 2.05) is 6.92 Å². The fourth-order valence-corrected chi connectivity index (χ4v) is 5.73. The van der Waals surface area contributed by atoms with Crippen molar-refractivity contribution < 1.29 is 46.8 Å². The number of ether oxygens (including phenoxy) is 5. The molecule has 2 heterocycles. The summed E-state index contributed by atoms with van der Waals surface area (Å²) < 4.78 is 54.9. The van der Waals surface area contributed by atoms with Crippen LogP contribution in [0.15, 0.2) is 42.1 Å². The number of carboxylic acids is 1. The number of aliphatic carboxylic acids is 1. The molecule has 4 rings (SSSR count). The fraction of sp³-hybridized carbons (Fsp3) is 0.406. The highest BCUT2D eigenvalue weighted by Crippen LogP contribution is 2.39. The topological polar surface area (TPSA) is 156 Å². The average molecular weight is 658 g/mol. The van der Waals surface area contributed by atoms with Crippen molar-refractivity contribution in [3.05, 3.63) is 59.2 Å². The van der Waals surface area contributed by atoms with Gasteiger partial charge in [0.25, 0.3) is 0 Å². The van der Waals surface area contributed by atoms with Crippen LogP contribution in [0.1, 0.15) is 57.6 Å². The summed E-state index contributed by atoms with van der Waals surface area (Å²) >= 11 is 0. The van der Waals surface area contributed by atoms with Gasteiger partial charge in [-0.25, -0.2) is 22.5 Å². The molecule has 0 aliphatic carbocycles. The quantitative estimate of drug-likeness (QED) is 0.139. The SMILES string of the molecule is CCCCc1ncc(/C=C(\Cc2cc3c(cc2OC)OCO3)C(=O)O)n1-c1ccc(OC)cc1OCN(C=O)S(=O)(=O)C(C)(C)C. The summed E-state index contributed by atoms with van der Waals surface area (Å²) in [5, 5.41) is 10.3. The first-order valence-electron chi connectivity index (χ1n) is 14.6. The van der Waals surface area contributed by atoms with E-state index in [0.717, 1.165) is 12.8 Å². The number of imidazole rings is 1. The zero-order valence-corrected chi connectivity index (χ0v) is 27.5. The van der Waals surface area contributed by atoms with E-state index < -0.39 is 27.5 Å². The van der Waals surface area contributed by atoms with Crippen molar-refractivity contribution in [1.29, 1.82) is 0 Å². The molecule has 1 aromatic heterocycles. The third-order valence-electron chi connectivity index (χ3n) is 7.32. The van der Waals surface area contributed by atoms with Gasteiger partial charge in [-0.05, 0) is 51.5 Å². The monoisotopic (exact) mass is 657 g/mol. The fourth-order valence-electron chi connectivity index (χ4n) is 4.73. The van der Waals surface area contributed by atoms with Gasteiger partial charge < -0.3 is 28.8 Å². The Labute approximate surface area is 268 Å². The van der Waals surface area contributed by atoms with Crippen molar-refractivity contribution >= 4 is 28.5 Å². The Morgan fingerprint density at radius 2 is 1.83 bits per heavy atom. The second kappa shape index (κ2) is 14.1. The molecule has 0 atom stereocenters. The Kier molecular flexibility index (Phi) is 10.5. The number of rotatable bonds is 15. The Bertz CT molecular complexity index is 1720. The maximum atomic E-state index is 13.0. The first-order valence-corrected chi connectivity index (χ1v) is 16.0. The van der Waals surface area contributed by atoms with Gasteiger partial charge in [0.05, 0.1) is 36.5 Å². The van der Waals surface area contributed by atoms with Gasteiger partial charge in [-0.15, -0.1) is 0 Å². The molecule has 3 aromatic rings. The minimum Gasteiger partial charge on any atom is -0.497 e. The highest BCUT2D eigenvalue weighted by atomic mass is 32.2. The van der Waals surface area contributed by atoms with Crippen molar-refractivity contribution in [2.45, 2.75) is 58.1 Å². The van der Waals surface area contributed by atoms with Gasteiger partial charge in [0.1, 0.15) is 23.1 Å². The van der Waals surface area contributed by atoms with Crippen LogP contribution < -0.4 is 23.7 Å². The van der Waals surface area contributed by atoms with Crippen LogP contribution in [0.25, 0.3) is 11.8 Å². The standard InChI is InChI=1S/C32H39N3O10S/c1-7-8-9-30-33-17-23(13-22(31(37)38)12-21-14-28-29(45-20-44-28)16-26(21)42-6)35(30)25-11-10-24(41-5)15-27(25)43-19-34(18-36)46(39,40)32(2,3)4/h10-11,13-18H,7-9,12,19-20H2,1-6H3,(H,37,38)/b22-13+. The van der Waals surface area contributed by atoms with Crippen LogP contribution in [0, 0.1) is 0 Å². The lowest BCUT2D eigenvalue weighted by atomic mass is 10.0. The number of hydrogen-bond acceptors (Lipinski definition) is 10. The van der Waals surface area contributed by atoms with Crippen molar-refractivity contribution in [3.63, 3.8) is 0 Å². The van der Waals surface area contributed by atoms with E-state index in [-0.39, 0.29) is 30.9 Å². The molecule has 0 fully saturated rings. The van der Waals surface area contributed by atoms with E-state index in [1.54, 1.807) is 41.1 Å². The lowest BCUT2D eigenvalue weighted by molar-refractivity contribution is -0.132. The maximum absolute atomic E-state index is 13.0. The molecule has 0 unspecified atom stereocenters. The number of benzene rings is 2. The van der Waals surface area contributed by atoms with E-state index in [9.17, 15) is 23.1 Å². The third-order valence-corrected chi connectivity index (χ3v) is 9.68. The van der Waals surface area contributed by atoms with Gasteiger partial charge in [0.15, 0.2) is 18.2 Å². The number of carbonyl (C=O) groups excluding carboxylic acids is 1. The number of unbranched alkanes of at least 4 members (excludes halogenated alkanes) is 1. The van der Waals surface area contributed by atoms with Crippen molar-refractivity contribution in [3.8, 4) is 34.4 Å². The zero-order chi connectivity index (χ0) is 33.6. The van der Waals surface area contributed by atoms with E-state index in [2.05, 4.69) is 4.98 Å². The van der Waals surface area contributed by atoms with Crippen LogP contribution >= 0.6 is 0 Å². The zero-order valence-electron chi connectivity index (χ0n) is 26.7. The first kappa shape index (κ1) is 34.2. The minimum absolute atomic E-state index is 0.00442. The summed E-state index contributed by atoms with van der Waals surface area (Å²) in [6.07, 6.45) is 5.54.